The number of hydrogen-bond donors (Lipinski definition) is 2. The summed E-state index contributed by atoms with van der Waals surface area (Å²) in [5.74, 6) is 1.20. The fourth-order valence-corrected chi connectivity index (χ4v) is 4.25. The van der Waals surface area contributed by atoms with Crippen LogP contribution in [0.3, 0.4) is 0 Å². The first-order chi connectivity index (χ1) is 16.7. The van der Waals surface area contributed by atoms with E-state index in [0.717, 1.165) is 47.2 Å². The van der Waals surface area contributed by atoms with Crippen LogP contribution in [-0.4, -0.2) is 80.2 Å². The lowest BCUT2D eigenvalue weighted by Gasteiger charge is -2.39. The summed E-state index contributed by atoms with van der Waals surface area (Å²) < 4.78 is 5.94. The second-order valence-electron chi connectivity index (χ2n) is 8.35. The molecule has 0 amide bonds. The molecule has 1 saturated heterocycles. The summed E-state index contributed by atoms with van der Waals surface area (Å²) in [4.78, 5) is 24.3. The maximum absolute atomic E-state index is 10.8. The van der Waals surface area contributed by atoms with E-state index in [2.05, 4.69) is 25.0 Å². The molecule has 0 radical (unpaired) electrons. The quantitative estimate of drug-likeness (QED) is 0.388. The van der Waals surface area contributed by atoms with Gasteiger partial charge in [0, 0.05) is 61.6 Å². The molecule has 3 aromatic heterocycles. The summed E-state index contributed by atoms with van der Waals surface area (Å²) in [6, 6.07) is 15.5. The van der Waals surface area contributed by atoms with E-state index in [4.69, 9.17) is 9.72 Å². The van der Waals surface area contributed by atoms with E-state index in [1.807, 2.05) is 48.5 Å². The Labute approximate surface area is 197 Å². The number of nitrogens with one attached hydrogen (secondary N) is 1. The number of aromatic amines is 1. The van der Waals surface area contributed by atoms with Gasteiger partial charge in [0.1, 0.15) is 12.0 Å². The third-order valence-electron chi connectivity index (χ3n) is 6.09. The lowest BCUT2D eigenvalue weighted by Crippen LogP contribution is -2.54. The van der Waals surface area contributed by atoms with Gasteiger partial charge in [-0.3, -0.25) is 19.9 Å². The molecule has 1 fully saturated rings. The molecule has 5 rings (SSSR count). The molecule has 34 heavy (non-hydrogen) atoms. The summed E-state index contributed by atoms with van der Waals surface area (Å²) in [5.41, 5.74) is 3.67. The van der Waals surface area contributed by atoms with Crippen LogP contribution in [0.1, 0.15) is 5.69 Å². The third-order valence-corrected chi connectivity index (χ3v) is 6.09. The first-order valence-corrected chi connectivity index (χ1v) is 11.3. The number of aromatic nitrogens is 4. The number of aliphatic hydroxyl groups excluding tert-OH is 1. The molecule has 0 saturated carbocycles. The van der Waals surface area contributed by atoms with E-state index >= 15 is 0 Å². The van der Waals surface area contributed by atoms with E-state index in [1.54, 1.807) is 12.4 Å². The monoisotopic (exact) mass is 458 g/mol. The van der Waals surface area contributed by atoms with E-state index in [9.17, 15) is 9.90 Å². The summed E-state index contributed by atoms with van der Waals surface area (Å²) >= 11 is 0. The minimum absolute atomic E-state index is 0.00544. The highest BCUT2D eigenvalue weighted by atomic mass is 16.5. The average Bonchev–Trinajstić information content (AvgIpc) is 3.41. The zero-order valence-corrected chi connectivity index (χ0v) is 18.7. The molecule has 174 valence electrons. The number of aldehydes is 1. The van der Waals surface area contributed by atoms with Crippen LogP contribution < -0.4 is 4.74 Å². The van der Waals surface area contributed by atoms with Gasteiger partial charge in [-0.2, -0.15) is 5.10 Å². The smallest absolute Gasteiger partial charge is 0.219 e. The number of H-pyrrole nitrogens is 1. The summed E-state index contributed by atoms with van der Waals surface area (Å²) in [6.07, 6.45) is 4.37. The van der Waals surface area contributed by atoms with Crippen molar-refractivity contribution in [1.82, 2.24) is 30.0 Å². The Morgan fingerprint density at radius 1 is 1.15 bits per heavy atom. The molecule has 4 aromatic rings. The second-order valence-corrected chi connectivity index (χ2v) is 8.35. The largest absolute Gasteiger partial charge is 0.439 e. The number of nitrogens with zero attached hydrogens (tertiary/aromatic N) is 5. The van der Waals surface area contributed by atoms with Crippen LogP contribution in [0.4, 0.5) is 0 Å². The number of rotatable bonds is 8. The summed E-state index contributed by atoms with van der Waals surface area (Å²) in [6.45, 7) is 3.40. The predicted octanol–water partition coefficient (Wildman–Crippen LogP) is 2.49. The average molecular weight is 459 g/mol. The van der Waals surface area contributed by atoms with Gasteiger partial charge in [-0.1, -0.05) is 6.07 Å². The van der Waals surface area contributed by atoms with Gasteiger partial charge < -0.3 is 14.6 Å². The highest BCUT2D eigenvalue weighted by Gasteiger charge is 2.26. The summed E-state index contributed by atoms with van der Waals surface area (Å²) in [5, 5.41) is 17.7. The van der Waals surface area contributed by atoms with Gasteiger partial charge in [0.15, 0.2) is 0 Å². The van der Waals surface area contributed by atoms with Crippen LogP contribution >= 0.6 is 0 Å². The van der Waals surface area contributed by atoms with Crippen LogP contribution in [-0.2, 0) is 11.3 Å². The van der Waals surface area contributed by atoms with Crippen LogP contribution in [0.15, 0.2) is 60.9 Å². The van der Waals surface area contributed by atoms with Crippen LogP contribution in [0, 0.1) is 0 Å². The minimum Gasteiger partial charge on any atom is -0.439 e. The number of benzene rings is 1. The normalized spacial score (nSPS) is 17.1. The van der Waals surface area contributed by atoms with Crippen molar-refractivity contribution in [3.63, 3.8) is 0 Å². The Morgan fingerprint density at radius 3 is 2.85 bits per heavy atom. The molecule has 0 bridgehead atoms. The van der Waals surface area contributed by atoms with E-state index in [0.29, 0.717) is 31.3 Å². The number of carbonyl (C=O) groups excluding carboxylic acids is 1. The lowest BCUT2D eigenvalue weighted by molar-refractivity contribution is -0.109. The molecule has 1 aliphatic heterocycles. The molecular weight excluding hydrogens is 432 g/mol. The number of ether oxygens (including phenoxy) is 1. The number of piperazine rings is 1. The van der Waals surface area contributed by atoms with Crippen molar-refractivity contribution >= 4 is 17.2 Å². The highest BCUT2D eigenvalue weighted by molar-refractivity contribution is 5.80. The molecule has 1 atom stereocenters. The molecule has 9 heteroatoms. The van der Waals surface area contributed by atoms with Crippen molar-refractivity contribution < 1.29 is 14.6 Å². The van der Waals surface area contributed by atoms with Crippen LogP contribution in [0.2, 0.25) is 0 Å². The summed E-state index contributed by atoms with van der Waals surface area (Å²) in [7, 11) is 0. The Bertz CT molecular complexity index is 1250. The van der Waals surface area contributed by atoms with Crippen LogP contribution in [0.25, 0.3) is 22.2 Å². The molecule has 2 N–H and O–H groups in total. The van der Waals surface area contributed by atoms with Gasteiger partial charge in [-0.15, -0.1) is 0 Å². The topological polar surface area (TPSA) is 107 Å². The SMILES string of the molecule is O=CCN1CCN(Cc2ccc3cc(Oc4ccc(-c5ccn[nH]5)cn4)ccc3n2)[C@H](CO)C1. The Kier molecular flexibility index (Phi) is 6.57. The van der Waals surface area contributed by atoms with E-state index in [1.165, 1.54) is 0 Å². The van der Waals surface area contributed by atoms with Crippen LogP contribution in [0.5, 0.6) is 11.6 Å². The first kappa shape index (κ1) is 22.1. The standard InChI is InChI=1S/C25H26N6O3/c32-12-11-30-9-10-31(21(16-30)17-33)15-20-3-1-18-13-22(4-5-23(18)28-20)34-25-6-2-19(14-26-25)24-7-8-27-29-24/h1-8,12-14,21,33H,9-11,15-17H2,(H,27,29)/t21-/m0/s1. The molecule has 1 aliphatic rings. The number of aliphatic hydroxyl groups is 1. The maximum Gasteiger partial charge on any atom is 0.219 e. The Morgan fingerprint density at radius 2 is 2.09 bits per heavy atom. The maximum atomic E-state index is 10.8. The van der Waals surface area contributed by atoms with E-state index in [-0.39, 0.29) is 12.6 Å². The second kappa shape index (κ2) is 10.1. The third kappa shape index (κ3) is 4.96. The fraction of sp³-hybridized carbons (Fsp3) is 0.280. The van der Waals surface area contributed by atoms with Gasteiger partial charge in [-0.05, 0) is 36.4 Å². The predicted molar refractivity (Wildman–Crippen MR) is 127 cm³/mol. The molecule has 1 aromatic carbocycles. The molecule has 9 nitrogen and oxygen atoms in total. The minimum atomic E-state index is -0.00544. The fourth-order valence-electron chi connectivity index (χ4n) is 4.25. The van der Waals surface area contributed by atoms with Crippen molar-refractivity contribution in [3.05, 3.63) is 66.6 Å². The Balaban J connectivity index is 1.26. The number of pyridine rings is 2. The van der Waals surface area contributed by atoms with Crippen molar-refractivity contribution in [2.45, 2.75) is 12.6 Å². The van der Waals surface area contributed by atoms with Gasteiger partial charge in [0.2, 0.25) is 5.88 Å². The first-order valence-electron chi connectivity index (χ1n) is 11.3. The molecule has 0 aliphatic carbocycles. The van der Waals surface area contributed by atoms with Gasteiger partial charge in [0.25, 0.3) is 0 Å². The lowest BCUT2D eigenvalue weighted by atomic mass is 10.1. The number of carbonyl (C=O) groups is 1. The van der Waals surface area contributed by atoms with Gasteiger partial charge in [0.05, 0.1) is 30.1 Å². The number of fused-ring (bicyclic) bond motifs is 1. The van der Waals surface area contributed by atoms with Gasteiger partial charge in [-0.25, -0.2) is 4.98 Å². The van der Waals surface area contributed by atoms with Crippen molar-refractivity contribution in [2.75, 3.05) is 32.8 Å². The number of hydrogen-bond acceptors (Lipinski definition) is 8. The van der Waals surface area contributed by atoms with E-state index < -0.39 is 0 Å². The molecular formula is C25H26N6O3. The molecule has 0 spiro atoms. The van der Waals surface area contributed by atoms with Crippen molar-refractivity contribution in [1.29, 1.82) is 0 Å². The van der Waals surface area contributed by atoms with Crippen molar-refractivity contribution in [3.8, 4) is 22.9 Å². The highest BCUT2D eigenvalue weighted by Crippen LogP contribution is 2.26. The Hall–Kier alpha value is -3.66. The molecule has 0 unspecified atom stereocenters. The zero-order valence-electron chi connectivity index (χ0n) is 18.7. The zero-order chi connectivity index (χ0) is 23.3. The van der Waals surface area contributed by atoms with Crippen molar-refractivity contribution in [2.24, 2.45) is 0 Å². The molecule has 4 heterocycles. The van der Waals surface area contributed by atoms with Gasteiger partial charge >= 0.3 is 0 Å².